The van der Waals surface area contributed by atoms with Crippen LogP contribution in [0.25, 0.3) is 0 Å². The van der Waals surface area contributed by atoms with Gasteiger partial charge in [-0.2, -0.15) is 4.31 Å². The van der Waals surface area contributed by atoms with Crippen LogP contribution in [-0.4, -0.2) is 56.8 Å². The Bertz CT molecular complexity index is 928. The van der Waals surface area contributed by atoms with Gasteiger partial charge in [0.25, 0.3) is 0 Å². The summed E-state index contributed by atoms with van der Waals surface area (Å²) in [6, 6.07) is 16.1. The first-order chi connectivity index (χ1) is 13.8. The lowest BCUT2D eigenvalue weighted by atomic mass is 10.1. The highest BCUT2D eigenvalue weighted by Gasteiger charge is 2.39. The Labute approximate surface area is 173 Å². The molecule has 156 valence electrons. The average Bonchev–Trinajstić information content (AvgIpc) is 3.20. The number of sulfonamides is 1. The van der Waals surface area contributed by atoms with Crippen molar-refractivity contribution in [2.45, 2.75) is 36.7 Å². The van der Waals surface area contributed by atoms with E-state index in [9.17, 15) is 13.2 Å². The van der Waals surface area contributed by atoms with E-state index in [1.165, 1.54) is 4.31 Å². The van der Waals surface area contributed by atoms with Crippen molar-refractivity contribution in [2.75, 3.05) is 27.2 Å². The molecule has 29 heavy (non-hydrogen) atoms. The predicted molar refractivity (Wildman–Crippen MR) is 114 cm³/mol. The number of hydrogen-bond donors (Lipinski definition) is 1. The van der Waals surface area contributed by atoms with Gasteiger partial charge in [0.1, 0.15) is 6.04 Å². The first-order valence-corrected chi connectivity index (χ1v) is 11.3. The van der Waals surface area contributed by atoms with Crippen LogP contribution >= 0.6 is 0 Å². The lowest BCUT2D eigenvalue weighted by Crippen LogP contribution is -2.47. The SMILES string of the molecule is Cc1ccc(S(=O)(=O)N2CCC[C@H]2C(=O)NC[C@H](c2ccccc2)N(C)C)cc1. The fraction of sp³-hybridized carbons (Fsp3) is 0.409. The minimum Gasteiger partial charge on any atom is -0.353 e. The largest absolute Gasteiger partial charge is 0.353 e. The van der Waals surface area contributed by atoms with Crippen LogP contribution in [-0.2, 0) is 14.8 Å². The monoisotopic (exact) mass is 415 g/mol. The standard InChI is InChI=1S/C22H29N3O3S/c1-17-11-13-19(14-12-17)29(27,28)25-15-7-10-20(25)22(26)23-16-21(24(2)3)18-8-5-4-6-9-18/h4-6,8-9,11-14,20-21H,7,10,15-16H2,1-3H3,(H,23,26)/t20-,21+/m0/s1. The number of rotatable bonds is 7. The predicted octanol–water partition coefficient (Wildman–Crippen LogP) is 2.57. The molecule has 1 amide bonds. The maximum atomic E-state index is 13.1. The Morgan fingerprint density at radius 1 is 1.14 bits per heavy atom. The van der Waals surface area contributed by atoms with E-state index in [-0.39, 0.29) is 16.8 Å². The lowest BCUT2D eigenvalue weighted by Gasteiger charge is -2.27. The number of carbonyl (C=O) groups is 1. The third-order valence-electron chi connectivity index (χ3n) is 5.41. The van der Waals surface area contributed by atoms with Crippen molar-refractivity contribution in [3.63, 3.8) is 0 Å². The third kappa shape index (κ3) is 4.86. The number of carbonyl (C=O) groups excluding carboxylic acids is 1. The van der Waals surface area contributed by atoms with Crippen molar-refractivity contribution in [3.8, 4) is 0 Å². The first-order valence-electron chi connectivity index (χ1n) is 9.88. The molecule has 6 nitrogen and oxygen atoms in total. The molecule has 2 atom stereocenters. The van der Waals surface area contributed by atoms with Gasteiger partial charge in [0, 0.05) is 13.1 Å². The van der Waals surface area contributed by atoms with Crippen LogP contribution in [0.2, 0.25) is 0 Å². The zero-order chi connectivity index (χ0) is 21.0. The number of benzene rings is 2. The Kier molecular flexibility index (Phi) is 6.72. The maximum absolute atomic E-state index is 13.1. The van der Waals surface area contributed by atoms with E-state index in [4.69, 9.17) is 0 Å². The molecule has 0 unspecified atom stereocenters. The molecule has 1 fully saturated rings. The molecule has 0 radical (unpaired) electrons. The highest BCUT2D eigenvalue weighted by Crippen LogP contribution is 2.27. The van der Waals surface area contributed by atoms with Crippen LogP contribution < -0.4 is 5.32 Å². The number of aryl methyl sites for hydroxylation is 1. The molecule has 0 aliphatic carbocycles. The summed E-state index contributed by atoms with van der Waals surface area (Å²) in [5.41, 5.74) is 2.10. The molecule has 0 aromatic heterocycles. The Morgan fingerprint density at radius 3 is 2.41 bits per heavy atom. The normalized spacial score (nSPS) is 18.7. The van der Waals surface area contributed by atoms with Crippen LogP contribution in [0.5, 0.6) is 0 Å². The molecule has 2 aromatic rings. The number of hydrogen-bond acceptors (Lipinski definition) is 4. The molecule has 1 N–H and O–H groups in total. The molecule has 0 bridgehead atoms. The maximum Gasteiger partial charge on any atom is 0.243 e. The van der Waals surface area contributed by atoms with Crippen LogP contribution in [0, 0.1) is 6.92 Å². The van der Waals surface area contributed by atoms with Crippen LogP contribution in [0.15, 0.2) is 59.5 Å². The highest BCUT2D eigenvalue weighted by molar-refractivity contribution is 7.89. The van der Waals surface area contributed by atoms with Gasteiger partial charge >= 0.3 is 0 Å². The molecular formula is C22H29N3O3S. The molecule has 1 aliphatic rings. The molecule has 1 aliphatic heterocycles. The number of nitrogens with zero attached hydrogens (tertiary/aromatic N) is 2. The molecular weight excluding hydrogens is 386 g/mol. The van der Waals surface area contributed by atoms with Gasteiger partial charge in [-0.15, -0.1) is 0 Å². The summed E-state index contributed by atoms with van der Waals surface area (Å²) in [5, 5.41) is 2.98. The van der Waals surface area contributed by atoms with Crippen LogP contribution in [0.1, 0.15) is 30.0 Å². The van der Waals surface area contributed by atoms with E-state index in [0.29, 0.717) is 25.9 Å². The van der Waals surface area contributed by atoms with Gasteiger partial charge in [0.15, 0.2) is 0 Å². The van der Waals surface area contributed by atoms with Gasteiger partial charge < -0.3 is 10.2 Å². The van der Waals surface area contributed by atoms with E-state index in [1.807, 2.05) is 56.3 Å². The number of amides is 1. The number of likely N-dealkylation sites (N-methyl/N-ethyl adjacent to an activating group) is 1. The van der Waals surface area contributed by atoms with Gasteiger partial charge in [-0.05, 0) is 51.6 Å². The van der Waals surface area contributed by atoms with Crippen molar-refractivity contribution >= 4 is 15.9 Å². The van der Waals surface area contributed by atoms with Crippen molar-refractivity contribution in [1.29, 1.82) is 0 Å². The summed E-state index contributed by atoms with van der Waals surface area (Å²) < 4.78 is 27.5. The van der Waals surface area contributed by atoms with Gasteiger partial charge in [-0.25, -0.2) is 8.42 Å². The van der Waals surface area contributed by atoms with Crippen molar-refractivity contribution in [2.24, 2.45) is 0 Å². The average molecular weight is 416 g/mol. The molecule has 1 saturated heterocycles. The summed E-state index contributed by atoms with van der Waals surface area (Å²) in [6.45, 7) is 2.70. The zero-order valence-corrected chi connectivity index (χ0v) is 18.0. The fourth-order valence-corrected chi connectivity index (χ4v) is 5.38. The van der Waals surface area contributed by atoms with Crippen LogP contribution in [0.4, 0.5) is 0 Å². The van der Waals surface area contributed by atoms with E-state index < -0.39 is 16.1 Å². The van der Waals surface area contributed by atoms with Gasteiger partial charge in [-0.3, -0.25) is 4.79 Å². The topological polar surface area (TPSA) is 69.7 Å². The molecule has 7 heteroatoms. The Morgan fingerprint density at radius 2 is 1.79 bits per heavy atom. The van der Waals surface area contributed by atoms with Gasteiger partial charge in [-0.1, -0.05) is 48.0 Å². The Hall–Kier alpha value is -2.22. The molecule has 0 spiro atoms. The van der Waals surface area contributed by atoms with E-state index >= 15 is 0 Å². The number of nitrogens with one attached hydrogen (secondary N) is 1. The van der Waals surface area contributed by atoms with Gasteiger partial charge in [0.05, 0.1) is 10.9 Å². The van der Waals surface area contributed by atoms with Crippen molar-refractivity contribution < 1.29 is 13.2 Å². The summed E-state index contributed by atoms with van der Waals surface area (Å²) >= 11 is 0. The van der Waals surface area contributed by atoms with E-state index in [2.05, 4.69) is 5.32 Å². The van der Waals surface area contributed by atoms with Crippen molar-refractivity contribution in [3.05, 3.63) is 65.7 Å². The fourth-order valence-electron chi connectivity index (χ4n) is 3.72. The summed E-state index contributed by atoms with van der Waals surface area (Å²) in [6.07, 6.45) is 1.22. The van der Waals surface area contributed by atoms with Crippen molar-refractivity contribution in [1.82, 2.24) is 14.5 Å². The molecule has 1 heterocycles. The third-order valence-corrected chi connectivity index (χ3v) is 7.33. The summed E-state index contributed by atoms with van der Waals surface area (Å²) in [7, 11) is 0.237. The minimum absolute atomic E-state index is 0.0173. The Balaban J connectivity index is 1.72. The molecule has 3 rings (SSSR count). The highest BCUT2D eigenvalue weighted by atomic mass is 32.2. The van der Waals surface area contributed by atoms with E-state index in [0.717, 1.165) is 11.1 Å². The first kappa shape index (κ1) is 21.5. The summed E-state index contributed by atoms with van der Waals surface area (Å²) in [5.74, 6) is -0.235. The quantitative estimate of drug-likeness (QED) is 0.755. The van der Waals surface area contributed by atoms with E-state index in [1.54, 1.807) is 24.3 Å². The second kappa shape index (κ2) is 9.07. The van der Waals surface area contributed by atoms with Gasteiger partial charge in [0.2, 0.25) is 15.9 Å². The lowest BCUT2D eigenvalue weighted by molar-refractivity contribution is -0.124. The molecule has 0 saturated carbocycles. The smallest absolute Gasteiger partial charge is 0.243 e. The summed E-state index contributed by atoms with van der Waals surface area (Å²) in [4.78, 5) is 15.2. The second-order valence-electron chi connectivity index (χ2n) is 7.72. The van der Waals surface area contributed by atoms with Crippen LogP contribution in [0.3, 0.4) is 0 Å². The minimum atomic E-state index is -3.69. The second-order valence-corrected chi connectivity index (χ2v) is 9.61. The molecule has 2 aromatic carbocycles. The zero-order valence-electron chi connectivity index (χ0n) is 17.2.